The molecule has 0 aliphatic heterocycles. The van der Waals surface area contributed by atoms with Crippen molar-refractivity contribution in [3.63, 3.8) is 0 Å². The maximum atomic E-state index is 11.8. The van der Waals surface area contributed by atoms with Crippen molar-refractivity contribution in [2.24, 2.45) is 5.41 Å². The van der Waals surface area contributed by atoms with Crippen molar-refractivity contribution in [2.45, 2.75) is 40.5 Å². The van der Waals surface area contributed by atoms with Crippen LogP contribution >= 0.6 is 0 Å². The quantitative estimate of drug-likeness (QED) is 0.690. The zero-order valence-corrected chi connectivity index (χ0v) is 13.6. The Kier molecular flexibility index (Phi) is 6.69. The van der Waals surface area contributed by atoms with Gasteiger partial charge in [-0.15, -0.1) is 0 Å². The zero-order valence-electron chi connectivity index (χ0n) is 13.6. The van der Waals surface area contributed by atoms with E-state index in [0.717, 1.165) is 30.6 Å². The predicted molar refractivity (Wildman–Crippen MR) is 87.8 cm³/mol. The molecule has 21 heavy (non-hydrogen) atoms. The summed E-state index contributed by atoms with van der Waals surface area (Å²) in [4.78, 5) is 11.8. The Bertz CT molecular complexity index is 460. The van der Waals surface area contributed by atoms with Crippen LogP contribution in [0.15, 0.2) is 18.2 Å². The average Bonchev–Trinajstić information content (AvgIpc) is 2.50. The van der Waals surface area contributed by atoms with Gasteiger partial charge in [0.25, 0.3) is 5.91 Å². The van der Waals surface area contributed by atoms with Crippen molar-refractivity contribution in [3.8, 4) is 0 Å². The molecule has 0 bridgehead atoms. The van der Waals surface area contributed by atoms with Gasteiger partial charge in [-0.25, -0.2) is 0 Å². The van der Waals surface area contributed by atoms with Crippen LogP contribution in [-0.4, -0.2) is 30.7 Å². The molecule has 4 heteroatoms. The van der Waals surface area contributed by atoms with Crippen LogP contribution in [0.1, 0.15) is 49.5 Å². The van der Waals surface area contributed by atoms with Crippen LogP contribution < -0.4 is 10.6 Å². The highest BCUT2D eigenvalue weighted by Crippen LogP contribution is 2.27. The second-order valence-corrected chi connectivity index (χ2v) is 5.61. The summed E-state index contributed by atoms with van der Waals surface area (Å²) in [5, 5.41) is 15.8. The van der Waals surface area contributed by atoms with E-state index in [2.05, 4.69) is 24.5 Å². The van der Waals surface area contributed by atoms with Crippen LogP contribution in [0.2, 0.25) is 0 Å². The number of nitrogens with one attached hydrogen (secondary N) is 2. The SMILES string of the molecule is CCNC(=O)c1ccc(NCC(CC)(CC)CO)c(C)c1. The number of hydrogen-bond acceptors (Lipinski definition) is 3. The van der Waals surface area contributed by atoms with E-state index in [4.69, 9.17) is 0 Å². The number of aliphatic hydroxyl groups is 1. The minimum atomic E-state index is -0.0787. The predicted octanol–water partition coefficient (Wildman–Crippen LogP) is 2.96. The standard InChI is InChI=1S/C17H28N2O2/c1-5-17(6-2,12-20)11-19-15-9-8-14(10-13(15)4)16(21)18-7-3/h8-10,19-20H,5-7,11-12H2,1-4H3,(H,18,21). The molecule has 0 saturated carbocycles. The highest BCUT2D eigenvalue weighted by molar-refractivity contribution is 5.94. The highest BCUT2D eigenvalue weighted by Gasteiger charge is 2.25. The lowest BCUT2D eigenvalue weighted by atomic mass is 9.83. The summed E-state index contributed by atoms with van der Waals surface area (Å²) in [6.07, 6.45) is 1.87. The molecule has 0 aromatic heterocycles. The van der Waals surface area contributed by atoms with E-state index in [-0.39, 0.29) is 17.9 Å². The van der Waals surface area contributed by atoms with E-state index in [9.17, 15) is 9.90 Å². The van der Waals surface area contributed by atoms with Crippen molar-refractivity contribution < 1.29 is 9.90 Å². The fourth-order valence-electron chi connectivity index (χ4n) is 2.33. The van der Waals surface area contributed by atoms with Crippen LogP contribution in [0.3, 0.4) is 0 Å². The van der Waals surface area contributed by atoms with Crippen LogP contribution in [0.5, 0.6) is 0 Å². The van der Waals surface area contributed by atoms with Crippen LogP contribution in [0.25, 0.3) is 0 Å². The van der Waals surface area contributed by atoms with Gasteiger partial charge in [0.2, 0.25) is 0 Å². The molecule has 0 fully saturated rings. The molecule has 0 radical (unpaired) electrons. The summed E-state index contributed by atoms with van der Waals surface area (Å²) in [5.74, 6) is -0.0426. The first-order chi connectivity index (χ1) is 10.0. The Labute approximate surface area is 128 Å². The summed E-state index contributed by atoms with van der Waals surface area (Å²) in [5.41, 5.74) is 2.66. The van der Waals surface area contributed by atoms with Crippen LogP contribution in [0.4, 0.5) is 5.69 Å². The number of aryl methyl sites for hydroxylation is 1. The normalized spacial score (nSPS) is 11.3. The van der Waals surface area contributed by atoms with Gasteiger partial charge in [-0.05, 0) is 50.5 Å². The Hall–Kier alpha value is -1.55. The van der Waals surface area contributed by atoms with Crippen molar-refractivity contribution in [1.29, 1.82) is 0 Å². The van der Waals surface area contributed by atoms with E-state index in [1.807, 2.05) is 32.0 Å². The zero-order chi connectivity index (χ0) is 15.9. The molecule has 0 atom stereocenters. The van der Waals surface area contributed by atoms with Crippen molar-refractivity contribution in [1.82, 2.24) is 5.32 Å². The molecule has 1 rings (SSSR count). The number of carbonyl (C=O) groups is 1. The molecule has 4 nitrogen and oxygen atoms in total. The average molecular weight is 292 g/mol. The molecule has 0 aliphatic rings. The van der Waals surface area contributed by atoms with Gasteiger partial charge in [0.05, 0.1) is 6.61 Å². The molecule has 1 aromatic carbocycles. The summed E-state index contributed by atoms with van der Waals surface area (Å²) in [6, 6.07) is 5.66. The van der Waals surface area contributed by atoms with Gasteiger partial charge in [-0.2, -0.15) is 0 Å². The number of benzene rings is 1. The molecular weight excluding hydrogens is 264 g/mol. The van der Waals surface area contributed by atoms with E-state index in [0.29, 0.717) is 12.1 Å². The van der Waals surface area contributed by atoms with Crippen molar-refractivity contribution in [3.05, 3.63) is 29.3 Å². The number of carbonyl (C=O) groups excluding carboxylic acids is 1. The summed E-state index contributed by atoms with van der Waals surface area (Å²) in [7, 11) is 0. The molecule has 0 spiro atoms. The molecular formula is C17H28N2O2. The molecule has 0 heterocycles. The summed E-state index contributed by atoms with van der Waals surface area (Å²) < 4.78 is 0. The number of hydrogen-bond donors (Lipinski definition) is 3. The van der Waals surface area contributed by atoms with Crippen LogP contribution in [0, 0.1) is 12.3 Å². The van der Waals surface area contributed by atoms with Crippen molar-refractivity contribution in [2.75, 3.05) is 25.0 Å². The molecule has 118 valence electrons. The topological polar surface area (TPSA) is 61.4 Å². The lowest BCUT2D eigenvalue weighted by molar-refractivity contribution is 0.0956. The minimum absolute atomic E-state index is 0.0426. The van der Waals surface area contributed by atoms with E-state index in [1.54, 1.807) is 0 Å². The Morgan fingerprint density at radius 2 is 1.90 bits per heavy atom. The molecule has 0 unspecified atom stereocenters. The van der Waals surface area contributed by atoms with E-state index in [1.165, 1.54) is 0 Å². The van der Waals surface area contributed by atoms with E-state index < -0.39 is 0 Å². The summed E-state index contributed by atoms with van der Waals surface area (Å²) >= 11 is 0. The Morgan fingerprint density at radius 3 is 2.38 bits per heavy atom. The molecule has 1 aromatic rings. The molecule has 0 saturated heterocycles. The third-order valence-corrected chi connectivity index (χ3v) is 4.32. The van der Waals surface area contributed by atoms with Gasteiger partial charge in [-0.1, -0.05) is 13.8 Å². The largest absolute Gasteiger partial charge is 0.396 e. The number of anilines is 1. The first kappa shape index (κ1) is 17.5. The summed E-state index contributed by atoms with van der Waals surface area (Å²) in [6.45, 7) is 9.65. The van der Waals surface area contributed by atoms with Gasteiger partial charge in [-0.3, -0.25) is 4.79 Å². The maximum Gasteiger partial charge on any atom is 0.251 e. The third kappa shape index (κ3) is 4.46. The minimum Gasteiger partial charge on any atom is -0.396 e. The Balaban J connectivity index is 2.79. The second kappa shape index (κ2) is 8.03. The number of aliphatic hydroxyl groups excluding tert-OH is 1. The number of rotatable bonds is 8. The fraction of sp³-hybridized carbons (Fsp3) is 0.588. The second-order valence-electron chi connectivity index (χ2n) is 5.61. The first-order valence-electron chi connectivity index (χ1n) is 7.75. The van der Waals surface area contributed by atoms with Gasteiger partial charge >= 0.3 is 0 Å². The monoisotopic (exact) mass is 292 g/mol. The number of amides is 1. The van der Waals surface area contributed by atoms with Crippen molar-refractivity contribution >= 4 is 11.6 Å². The maximum absolute atomic E-state index is 11.8. The smallest absolute Gasteiger partial charge is 0.251 e. The fourth-order valence-corrected chi connectivity index (χ4v) is 2.33. The lowest BCUT2D eigenvalue weighted by Crippen LogP contribution is -2.32. The van der Waals surface area contributed by atoms with Gasteiger partial charge in [0.1, 0.15) is 0 Å². The van der Waals surface area contributed by atoms with E-state index >= 15 is 0 Å². The first-order valence-corrected chi connectivity index (χ1v) is 7.75. The van der Waals surface area contributed by atoms with Crippen LogP contribution in [-0.2, 0) is 0 Å². The van der Waals surface area contributed by atoms with Gasteiger partial charge in [0.15, 0.2) is 0 Å². The highest BCUT2D eigenvalue weighted by atomic mass is 16.3. The molecule has 3 N–H and O–H groups in total. The molecule has 0 aliphatic carbocycles. The Morgan fingerprint density at radius 1 is 1.24 bits per heavy atom. The van der Waals surface area contributed by atoms with Gasteiger partial charge < -0.3 is 15.7 Å². The lowest BCUT2D eigenvalue weighted by Gasteiger charge is -2.30. The molecule has 1 amide bonds. The van der Waals surface area contributed by atoms with Gasteiger partial charge in [0, 0.05) is 29.8 Å². The third-order valence-electron chi connectivity index (χ3n) is 4.32.